The number of hydrogen-bond donors (Lipinski definition) is 2. The van der Waals surface area contributed by atoms with Gasteiger partial charge < -0.3 is 20.1 Å². The molecule has 108 valence electrons. The zero-order valence-corrected chi connectivity index (χ0v) is 11.2. The third-order valence-corrected chi connectivity index (χ3v) is 2.59. The van der Waals surface area contributed by atoms with Crippen LogP contribution in [0.5, 0.6) is 0 Å². The highest BCUT2D eigenvalue weighted by molar-refractivity contribution is 5.85. The molecule has 0 saturated heterocycles. The first kappa shape index (κ1) is 15.5. The summed E-state index contributed by atoms with van der Waals surface area (Å²) in [6.07, 6.45) is 0. The summed E-state index contributed by atoms with van der Waals surface area (Å²) in [4.78, 5) is 35.1. The maximum Gasteiger partial charge on any atom is 0.330 e. The summed E-state index contributed by atoms with van der Waals surface area (Å²) >= 11 is 0. The average Bonchev–Trinajstić information content (AvgIpc) is 2.44. The first-order chi connectivity index (χ1) is 9.45. The molecule has 0 aliphatic carbocycles. The van der Waals surface area contributed by atoms with Crippen LogP contribution in [0.15, 0.2) is 30.3 Å². The molecule has 7 nitrogen and oxygen atoms in total. The van der Waals surface area contributed by atoms with E-state index in [1.54, 1.807) is 30.3 Å². The van der Waals surface area contributed by atoms with Gasteiger partial charge >= 0.3 is 18.0 Å². The molecule has 2 amide bonds. The molecule has 0 heterocycles. The number of urea groups is 1. The molecule has 1 aromatic rings. The summed E-state index contributed by atoms with van der Waals surface area (Å²) in [7, 11) is 2.58. The van der Waals surface area contributed by atoms with Gasteiger partial charge in [-0.05, 0) is 5.56 Å². The van der Waals surface area contributed by atoms with Crippen LogP contribution in [-0.4, -0.2) is 48.7 Å². The van der Waals surface area contributed by atoms with Gasteiger partial charge in [-0.15, -0.1) is 0 Å². The van der Waals surface area contributed by atoms with E-state index in [9.17, 15) is 14.4 Å². The topological polar surface area (TPSA) is 95.9 Å². The van der Waals surface area contributed by atoms with E-state index in [1.807, 2.05) is 0 Å². The molecule has 7 heteroatoms. The first-order valence-electron chi connectivity index (χ1n) is 5.82. The fourth-order valence-corrected chi connectivity index (χ4v) is 1.50. The molecule has 1 aromatic carbocycles. The lowest BCUT2D eigenvalue weighted by atomic mass is 10.1. The summed E-state index contributed by atoms with van der Waals surface area (Å²) < 4.78 is 4.43. The van der Waals surface area contributed by atoms with Gasteiger partial charge in [0, 0.05) is 7.05 Å². The fourth-order valence-electron chi connectivity index (χ4n) is 1.50. The lowest BCUT2D eigenvalue weighted by Crippen LogP contribution is -2.44. The number of amides is 2. The minimum Gasteiger partial charge on any atom is -0.479 e. The molecule has 0 aliphatic rings. The predicted molar refractivity (Wildman–Crippen MR) is 70.0 cm³/mol. The largest absolute Gasteiger partial charge is 0.479 e. The van der Waals surface area contributed by atoms with Gasteiger partial charge in [-0.3, -0.25) is 4.79 Å². The number of carboxylic acid groups (broad SMARTS) is 1. The van der Waals surface area contributed by atoms with E-state index < -0.39 is 24.0 Å². The van der Waals surface area contributed by atoms with Crippen molar-refractivity contribution in [2.45, 2.75) is 6.04 Å². The Balaban J connectivity index is 2.74. The zero-order valence-electron chi connectivity index (χ0n) is 11.2. The van der Waals surface area contributed by atoms with Crippen LogP contribution in [0.1, 0.15) is 11.6 Å². The van der Waals surface area contributed by atoms with Gasteiger partial charge in [0.25, 0.3) is 0 Å². The Hall–Kier alpha value is -2.57. The number of nitrogens with zero attached hydrogens (tertiary/aromatic N) is 1. The minimum absolute atomic E-state index is 0.260. The van der Waals surface area contributed by atoms with Crippen LogP contribution in [0.25, 0.3) is 0 Å². The first-order valence-corrected chi connectivity index (χ1v) is 5.82. The molecule has 0 aromatic heterocycles. The van der Waals surface area contributed by atoms with E-state index in [0.29, 0.717) is 5.56 Å². The highest BCUT2D eigenvalue weighted by Gasteiger charge is 2.24. The predicted octanol–water partition coefficient (Wildman–Crippen LogP) is 0.627. The number of rotatable bonds is 5. The molecule has 20 heavy (non-hydrogen) atoms. The van der Waals surface area contributed by atoms with Crippen LogP contribution in [0, 0.1) is 0 Å². The number of hydrogen-bond acceptors (Lipinski definition) is 4. The van der Waals surface area contributed by atoms with Crippen molar-refractivity contribution >= 4 is 18.0 Å². The van der Waals surface area contributed by atoms with E-state index in [2.05, 4.69) is 10.1 Å². The number of benzene rings is 1. The van der Waals surface area contributed by atoms with E-state index in [-0.39, 0.29) is 6.54 Å². The Labute approximate surface area is 116 Å². The van der Waals surface area contributed by atoms with Crippen molar-refractivity contribution in [2.24, 2.45) is 0 Å². The fraction of sp³-hybridized carbons (Fsp3) is 0.308. The molecule has 1 unspecified atom stereocenters. The summed E-state index contributed by atoms with van der Waals surface area (Å²) in [6, 6.07) is 6.44. The summed E-state index contributed by atoms with van der Waals surface area (Å²) in [5, 5.41) is 11.5. The van der Waals surface area contributed by atoms with Crippen molar-refractivity contribution in [1.82, 2.24) is 10.2 Å². The van der Waals surface area contributed by atoms with Crippen molar-refractivity contribution in [2.75, 3.05) is 20.7 Å². The molecule has 0 aliphatic heterocycles. The van der Waals surface area contributed by atoms with Gasteiger partial charge in [0.2, 0.25) is 0 Å². The van der Waals surface area contributed by atoms with Crippen LogP contribution in [0.3, 0.4) is 0 Å². The van der Waals surface area contributed by atoms with E-state index in [4.69, 9.17) is 5.11 Å². The van der Waals surface area contributed by atoms with E-state index in [0.717, 1.165) is 4.90 Å². The Bertz CT molecular complexity index is 489. The Morgan fingerprint density at radius 3 is 2.40 bits per heavy atom. The van der Waals surface area contributed by atoms with Crippen LogP contribution in [0.2, 0.25) is 0 Å². The summed E-state index contributed by atoms with van der Waals surface area (Å²) in [5.41, 5.74) is 0.444. The normalized spacial score (nSPS) is 11.3. The number of carboxylic acids is 1. The smallest absolute Gasteiger partial charge is 0.330 e. The minimum atomic E-state index is -1.18. The van der Waals surface area contributed by atoms with Crippen LogP contribution >= 0.6 is 0 Å². The van der Waals surface area contributed by atoms with Crippen molar-refractivity contribution in [3.05, 3.63) is 35.9 Å². The summed E-state index contributed by atoms with van der Waals surface area (Å²) in [6.45, 7) is -0.260. The molecule has 1 atom stereocenters. The van der Waals surface area contributed by atoms with E-state index >= 15 is 0 Å². The Morgan fingerprint density at radius 2 is 1.90 bits per heavy atom. The number of carbonyl (C=O) groups is 3. The maximum absolute atomic E-state index is 11.8. The number of carbonyl (C=O) groups excluding carboxylic acids is 2. The number of ether oxygens (including phenoxy) is 1. The van der Waals surface area contributed by atoms with Gasteiger partial charge in [-0.2, -0.15) is 0 Å². The molecule has 2 N–H and O–H groups in total. The van der Waals surface area contributed by atoms with Crippen LogP contribution < -0.4 is 5.32 Å². The van der Waals surface area contributed by atoms with Gasteiger partial charge in [-0.1, -0.05) is 30.3 Å². The molecule has 1 rings (SSSR count). The molecule has 0 fully saturated rings. The highest BCUT2D eigenvalue weighted by Crippen LogP contribution is 2.12. The molecule has 0 radical (unpaired) electrons. The number of likely N-dealkylation sites (N-methyl/N-ethyl adjacent to an activating group) is 1. The second kappa shape index (κ2) is 7.13. The lowest BCUT2D eigenvalue weighted by Gasteiger charge is -2.20. The highest BCUT2D eigenvalue weighted by atomic mass is 16.5. The SMILES string of the molecule is COC(=O)CN(C)C(=O)NC(C(=O)O)c1ccccc1. The van der Waals surface area contributed by atoms with Crippen molar-refractivity contribution < 1.29 is 24.2 Å². The molecule has 0 bridgehead atoms. The standard InChI is InChI=1S/C13H16N2O5/c1-15(8-10(16)20-2)13(19)14-11(12(17)18)9-6-4-3-5-7-9/h3-7,11H,8H2,1-2H3,(H,14,19)(H,17,18). The number of methoxy groups -OCH3 is 1. The molecular formula is C13H16N2O5. The quantitative estimate of drug-likeness (QED) is 0.771. The Morgan fingerprint density at radius 1 is 1.30 bits per heavy atom. The van der Waals surface area contributed by atoms with Gasteiger partial charge in [-0.25, -0.2) is 9.59 Å². The van der Waals surface area contributed by atoms with Crippen molar-refractivity contribution in [3.63, 3.8) is 0 Å². The number of esters is 1. The number of nitrogens with one attached hydrogen (secondary N) is 1. The summed E-state index contributed by atoms with van der Waals surface area (Å²) in [5.74, 6) is -1.77. The van der Waals surface area contributed by atoms with Gasteiger partial charge in [0.15, 0.2) is 6.04 Å². The molecular weight excluding hydrogens is 264 g/mol. The van der Waals surface area contributed by atoms with Crippen LogP contribution in [-0.2, 0) is 14.3 Å². The van der Waals surface area contributed by atoms with E-state index in [1.165, 1.54) is 14.2 Å². The van der Waals surface area contributed by atoms with Gasteiger partial charge in [0.05, 0.1) is 7.11 Å². The van der Waals surface area contributed by atoms with Gasteiger partial charge in [0.1, 0.15) is 6.54 Å². The number of aliphatic carboxylic acids is 1. The van der Waals surface area contributed by atoms with Crippen molar-refractivity contribution in [1.29, 1.82) is 0 Å². The van der Waals surface area contributed by atoms with Crippen molar-refractivity contribution in [3.8, 4) is 0 Å². The maximum atomic E-state index is 11.8. The van der Waals surface area contributed by atoms with Crippen LogP contribution in [0.4, 0.5) is 4.79 Å². The average molecular weight is 280 g/mol. The second-order valence-corrected chi connectivity index (χ2v) is 4.06. The zero-order chi connectivity index (χ0) is 15.1. The third-order valence-electron chi connectivity index (χ3n) is 2.59. The monoisotopic (exact) mass is 280 g/mol. The second-order valence-electron chi connectivity index (χ2n) is 4.06. The Kier molecular flexibility index (Phi) is 5.52. The lowest BCUT2D eigenvalue weighted by molar-refractivity contribution is -0.141. The molecule has 0 saturated carbocycles. The third kappa shape index (κ3) is 4.27. The molecule has 0 spiro atoms.